The van der Waals surface area contributed by atoms with Gasteiger partial charge in [-0.25, -0.2) is 0 Å². The minimum absolute atomic E-state index is 0.108. The van der Waals surface area contributed by atoms with Crippen LogP contribution in [-0.2, 0) is 29.9 Å². The third-order valence-electron chi connectivity index (χ3n) is 13.1. The number of benzene rings is 3. The maximum atomic E-state index is 19.0. The number of hydrogen-bond donors (Lipinski definition) is 0. The molecule has 10 rings (SSSR count). The topological polar surface area (TPSA) is 62.5 Å². The zero-order valence-corrected chi connectivity index (χ0v) is 33.4. The van der Waals surface area contributed by atoms with Crippen LogP contribution in [-0.4, -0.2) is 41.7 Å². The number of methoxy groups -OCH3 is 2. The lowest BCUT2D eigenvalue weighted by Crippen LogP contribution is -2.54. The van der Waals surface area contributed by atoms with Crippen LogP contribution < -0.4 is 0 Å². The van der Waals surface area contributed by atoms with Crippen LogP contribution in [0.2, 0.25) is 0 Å². The summed E-state index contributed by atoms with van der Waals surface area (Å²) in [5.74, 6) is 0.292. The zero-order valence-electron chi connectivity index (χ0n) is 33.4. The molecule has 2 atom stereocenters. The van der Waals surface area contributed by atoms with Crippen molar-refractivity contribution in [3.63, 3.8) is 0 Å². The van der Waals surface area contributed by atoms with E-state index in [0.29, 0.717) is 51.0 Å². The molecule has 1 aliphatic heterocycles. The van der Waals surface area contributed by atoms with Crippen LogP contribution in [0.5, 0.6) is 0 Å². The molecular weight excluding hydrogens is 717 g/mol. The number of aromatic nitrogens is 2. The molecular formula is C48H41BF2N2O4. The quantitative estimate of drug-likeness (QED) is 0.136. The van der Waals surface area contributed by atoms with Gasteiger partial charge in [0.15, 0.2) is 11.5 Å². The van der Waals surface area contributed by atoms with Gasteiger partial charge in [0.05, 0.1) is 42.0 Å². The van der Waals surface area contributed by atoms with Gasteiger partial charge in [0, 0.05) is 45.8 Å². The Hall–Kier alpha value is -6.09. The Kier molecular flexibility index (Phi) is 6.99. The third-order valence-corrected chi connectivity index (χ3v) is 13.1. The zero-order chi connectivity index (χ0) is 40.2. The molecule has 3 aromatic carbocycles. The van der Waals surface area contributed by atoms with Crippen molar-refractivity contribution < 1.29 is 27.7 Å². The fraction of sp³-hybridized carbons (Fsp3) is 0.229. The highest BCUT2D eigenvalue weighted by molar-refractivity contribution is 6.64. The Morgan fingerprint density at radius 2 is 1.00 bits per heavy atom. The van der Waals surface area contributed by atoms with Crippen molar-refractivity contribution in [2.24, 2.45) is 0 Å². The van der Waals surface area contributed by atoms with Crippen molar-refractivity contribution in [2.45, 2.75) is 59.3 Å². The van der Waals surface area contributed by atoms with Crippen LogP contribution in [0.4, 0.5) is 8.63 Å². The number of carbonyl (C=O) groups excluding carboxylic acids is 2. The van der Waals surface area contributed by atoms with E-state index in [1.54, 1.807) is 24.3 Å². The molecule has 0 radical (unpaired) electrons. The predicted octanol–water partition coefficient (Wildman–Crippen LogP) is 9.80. The highest BCUT2D eigenvalue weighted by Gasteiger charge is 2.57. The number of rotatable bonds is 3. The van der Waals surface area contributed by atoms with Gasteiger partial charge in [0.1, 0.15) is 5.92 Å². The largest absolute Gasteiger partial charge is 0.535 e. The minimum Gasteiger partial charge on any atom is -0.493 e. The fourth-order valence-electron chi connectivity index (χ4n) is 10.8. The number of allylic oxidation sites excluding steroid dienone is 6. The van der Waals surface area contributed by atoms with Crippen LogP contribution in [0.25, 0.3) is 33.4 Å². The van der Waals surface area contributed by atoms with Crippen molar-refractivity contribution in [2.75, 3.05) is 14.2 Å². The molecule has 9 heteroatoms. The molecule has 0 saturated carbocycles. The van der Waals surface area contributed by atoms with Gasteiger partial charge in [0.2, 0.25) is 11.6 Å². The van der Waals surface area contributed by atoms with Crippen molar-refractivity contribution in [1.82, 2.24) is 8.96 Å². The standard InChI is InChI=1S/C48H41BF2N2O4/c1-24-10-12-29-31(16-24)33-18-37-44(43-27(4)14-26(3)15-28(43)5)38-19-34-32-17-25(2)11-13-30(32)36-21-40(55)42(57-9)23-48(36,7)46(34)53(38)49(50,51)52(37)45(33)47(6)22-41(56-8)39(54)20-35(29)47/h10-23H,1-9H3/t47-,48+. The molecule has 6 nitrogen and oxygen atoms in total. The number of ether oxygens (including phenoxy) is 2. The van der Waals surface area contributed by atoms with Crippen LogP contribution in [0.3, 0.4) is 0 Å². The van der Waals surface area contributed by atoms with Crippen molar-refractivity contribution in [3.8, 4) is 22.3 Å². The van der Waals surface area contributed by atoms with E-state index in [0.717, 1.165) is 55.6 Å². The molecule has 0 saturated heterocycles. The Balaban J connectivity index is 1.39. The molecule has 5 aromatic rings. The summed E-state index contributed by atoms with van der Waals surface area (Å²) in [6.07, 6.45) is 6.55. The number of aryl methyl sites for hydroxylation is 5. The fourth-order valence-corrected chi connectivity index (χ4v) is 10.8. The van der Waals surface area contributed by atoms with Gasteiger partial charge in [-0.1, -0.05) is 47.5 Å². The molecule has 0 unspecified atom stereocenters. The summed E-state index contributed by atoms with van der Waals surface area (Å²) in [4.78, 5) is 27.0. The summed E-state index contributed by atoms with van der Waals surface area (Å²) < 4.78 is 51.7. The van der Waals surface area contributed by atoms with Gasteiger partial charge in [-0.3, -0.25) is 9.59 Å². The number of halogens is 2. The van der Waals surface area contributed by atoms with Gasteiger partial charge in [-0.2, -0.15) is 0 Å². The summed E-state index contributed by atoms with van der Waals surface area (Å²) in [6.45, 7) is 9.26. The summed E-state index contributed by atoms with van der Waals surface area (Å²) in [5.41, 5.74) is 11.0. The Bertz CT molecular complexity index is 2700. The normalized spacial score (nSPS) is 22.0. The predicted molar refractivity (Wildman–Crippen MR) is 220 cm³/mol. The second-order valence-electron chi connectivity index (χ2n) is 16.8. The number of hydrogen-bond acceptors (Lipinski definition) is 4. The maximum absolute atomic E-state index is 19.0. The monoisotopic (exact) mass is 758 g/mol. The molecule has 3 heterocycles. The molecule has 0 bridgehead atoms. The smallest absolute Gasteiger partial charge is 0.493 e. The lowest BCUT2D eigenvalue weighted by atomic mass is 9.64. The van der Waals surface area contributed by atoms with Crippen molar-refractivity contribution in [3.05, 3.63) is 170 Å². The van der Waals surface area contributed by atoms with E-state index in [1.165, 1.54) is 23.2 Å². The molecule has 0 N–H and O–H groups in total. The highest BCUT2D eigenvalue weighted by atomic mass is 19.2. The highest BCUT2D eigenvalue weighted by Crippen LogP contribution is 2.61. The van der Waals surface area contributed by atoms with E-state index < -0.39 is 17.8 Å². The molecule has 0 spiro atoms. The second-order valence-corrected chi connectivity index (χ2v) is 16.8. The lowest BCUT2D eigenvalue weighted by Gasteiger charge is -2.48. The van der Waals surface area contributed by atoms with Gasteiger partial charge in [0.25, 0.3) is 0 Å². The van der Waals surface area contributed by atoms with E-state index in [4.69, 9.17) is 9.47 Å². The Labute approximate surface area is 330 Å². The van der Waals surface area contributed by atoms with Crippen LogP contribution in [0.15, 0.2) is 96.5 Å². The molecule has 0 fully saturated rings. The first kappa shape index (κ1) is 35.3. The van der Waals surface area contributed by atoms with E-state index >= 15 is 8.63 Å². The Morgan fingerprint density at radius 3 is 1.40 bits per heavy atom. The van der Waals surface area contributed by atoms with E-state index in [9.17, 15) is 9.59 Å². The minimum atomic E-state index is -4.68. The van der Waals surface area contributed by atoms with Crippen LogP contribution in [0.1, 0.15) is 81.1 Å². The number of ketones is 2. The summed E-state index contributed by atoms with van der Waals surface area (Å²) in [6, 6.07) is 20.1. The average Bonchev–Trinajstić information content (AvgIpc) is 3.77. The van der Waals surface area contributed by atoms with Crippen LogP contribution in [0, 0.1) is 40.5 Å². The van der Waals surface area contributed by atoms with Gasteiger partial charge >= 0.3 is 6.97 Å². The summed E-state index contributed by atoms with van der Waals surface area (Å²) >= 11 is 0. The number of fused-ring (bicyclic) bond motifs is 16. The third kappa shape index (κ3) is 4.37. The first-order chi connectivity index (χ1) is 27.0. The molecule has 2 aromatic heterocycles. The van der Waals surface area contributed by atoms with Crippen LogP contribution >= 0.6 is 0 Å². The van der Waals surface area contributed by atoms with Gasteiger partial charge in [-0.05, 0) is 124 Å². The van der Waals surface area contributed by atoms with E-state index in [2.05, 4.69) is 12.1 Å². The molecule has 0 amide bonds. The summed E-state index contributed by atoms with van der Waals surface area (Å²) in [7, 11) is 2.88. The van der Waals surface area contributed by atoms with Gasteiger partial charge < -0.3 is 27.1 Å². The van der Waals surface area contributed by atoms with E-state index in [-0.39, 0.29) is 23.1 Å². The first-order valence-electron chi connectivity index (χ1n) is 19.3. The molecule has 5 aliphatic rings. The van der Waals surface area contributed by atoms with Crippen molar-refractivity contribution >= 4 is 29.7 Å². The molecule has 57 heavy (non-hydrogen) atoms. The first-order valence-corrected chi connectivity index (χ1v) is 19.3. The average molecular weight is 759 g/mol. The SMILES string of the molecule is COC1=C[C@@]2(C)C(=CC1=O)c1ccc(C)cc1-c1cc3n(c12)[B-](F)(F)n1c(cc2c1[C@]1(C)C=C(OC)C(=O)C=C1c1ccc(C)cc1-2)[C+]3c1c(C)cc(C)cc1C. The maximum Gasteiger partial charge on any atom is 0.535 e. The lowest BCUT2D eigenvalue weighted by molar-refractivity contribution is -0.115. The number of nitrogens with zero attached hydrogens (tertiary/aromatic N) is 2. The molecule has 4 aliphatic carbocycles. The van der Waals surface area contributed by atoms with Gasteiger partial charge in [-0.15, -0.1) is 0 Å². The van der Waals surface area contributed by atoms with E-state index in [1.807, 2.05) is 97.0 Å². The summed E-state index contributed by atoms with van der Waals surface area (Å²) in [5, 5.41) is 0. The molecule has 284 valence electrons. The second kappa shape index (κ2) is 11.3. The van der Waals surface area contributed by atoms with Crippen molar-refractivity contribution in [1.29, 1.82) is 0 Å². The Morgan fingerprint density at radius 1 is 0.579 bits per heavy atom. The number of carbonyl (C=O) groups is 2.